The summed E-state index contributed by atoms with van der Waals surface area (Å²) in [5.74, 6) is -2.19. The Morgan fingerprint density at radius 1 is 1.38 bits per heavy atom. The number of amides is 1. The van der Waals surface area contributed by atoms with Gasteiger partial charge in [-0.05, 0) is 19.8 Å². The van der Waals surface area contributed by atoms with E-state index < -0.39 is 23.5 Å². The fraction of sp³-hybridized carbons (Fsp3) is 0.786. The summed E-state index contributed by atoms with van der Waals surface area (Å²) >= 11 is 0. The van der Waals surface area contributed by atoms with Crippen molar-refractivity contribution in [2.75, 3.05) is 6.61 Å². The predicted molar refractivity (Wildman–Crippen MR) is 75.4 cm³/mol. The third-order valence-corrected chi connectivity index (χ3v) is 3.94. The van der Waals surface area contributed by atoms with Gasteiger partial charge in [0.05, 0.1) is 6.61 Å². The Kier molecular flexibility index (Phi) is 5.71. The smallest absolute Gasteiger partial charge is 0.377 e. The summed E-state index contributed by atoms with van der Waals surface area (Å²) in [6.45, 7) is 8.96. The fourth-order valence-electron chi connectivity index (χ4n) is 2.08. The first kappa shape index (κ1) is 17.4. The van der Waals surface area contributed by atoms with Gasteiger partial charge in [-0.3, -0.25) is 10.0 Å². The van der Waals surface area contributed by atoms with Crippen molar-refractivity contribution in [1.82, 2.24) is 5.06 Å². The molecule has 0 saturated heterocycles. The minimum Gasteiger partial charge on any atom is -0.461 e. The van der Waals surface area contributed by atoms with Crippen LogP contribution in [0.4, 0.5) is 0 Å². The van der Waals surface area contributed by atoms with E-state index in [-0.39, 0.29) is 18.2 Å². The molecule has 1 rings (SSSR count). The fourth-order valence-corrected chi connectivity index (χ4v) is 2.08. The van der Waals surface area contributed by atoms with Gasteiger partial charge in [0.1, 0.15) is 5.71 Å². The van der Waals surface area contributed by atoms with Crippen molar-refractivity contribution >= 4 is 17.6 Å². The zero-order chi connectivity index (χ0) is 16.2. The average molecular weight is 300 g/mol. The summed E-state index contributed by atoms with van der Waals surface area (Å²) in [6, 6.07) is 0. The van der Waals surface area contributed by atoms with Gasteiger partial charge >= 0.3 is 11.7 Å². The van der Waals surface area contributed by atoms with E-state index in [1.54, 1.807) is 20.8 Å². The lowest BCUT2D eigenvalue weighted by molar-refractivity contribution is -0.289. The van der Waals surface area contributed by atoms with Crippen molar-refractivity contribution in [2.45, 2.75) is 53.2 Å². The zero-order valence-corrected chi connectivity index (χ0v) is 13.3. The van der Waals surface area contributed by atoms with E-state index >= 15 is 0 Å². The Bertz CT molecular complexity index is 437. The number of nitrogens with zero attached hydrogens (tertiary/aromatic N) is 2. The van der Waals surface area contributed by atoms with Crippen LogP contribution in [-0.4, -0.2) is 40.2 Å². The Labute approximate surface area is 124 Å². The number of hydrogen-bond donors (Lipinski definition) is 1. The first-order chi connectivity index (χ1) is 9.86. The standard InChI is InChI=1S/C14H24N2O5/c1-6-9(4)11-12(17)16(19)14(21-15-11,10(5)7-2)13(18)20-8-3/h9-10,19H,6-8H2,1-5H3. The summed E-state index contributed by atoms with van der Waals surface area (Å²) in [5, 5.41) is 14.4. The molecule has 0 saturated carbocycles. The van der Waals surface area contributed by atoms with Crippen molar-refractivity contribution in [3.63, 3.8) is 0 Å². The summed E-state index contributed by atoms with van der Waals surface area (Å²) in [5.41, 5.74) is -1.82. The molecular weight excluding hydrogens is 276 g/mol. The van der Waals surface area contributed by atoms with Crippen LogP contribution in [0, 0.1) is 11.8 Å². The molecular formula is C14H24N2O5. The third-order valence-electron chi connectivity index (χ3n) is 3.94. The first-order valence-corrected chi connectivity index (χ1v) is 7.33. The Hall–Kier alpha value is -1.63. The Balaban J connectivity index is 3.26. The highest BCUT2D eigenvalue weighted by molar-refractivity contribution is 6.39. The van der Waals surface area contributed by atoms with Gasteiger partial charge < -0.3 is 9.57 Å². The van der Waals surface area contributed by atoms with Gasteiger partial charge in [-0.15, -0.1) is 0 Å². The summed E-state index contributed by atoms with van der Waals surface area (Å²) in [4.78, 5) is 29.9. The van der Waals surface area contributed by atoms with E-state index in [1.807, 2.05) is 13.8 Å². The van der Waals surface area contributed by atoms with Crippen molar-refractivity contribution in [2.24, 2.45) is 17.0 Å². The summed E-state index contributed by atoms with van der Waals surface area (Å²) in [7, 11) is 0. The van der Waals surface area contributed by atoms with Crippen LogP contribution in [0.3, 0.4) is 0 Å². The molecule has 1 N–H and O–H groups in total. The lowest BCUT2D eigenvalue weighted by Crippen LogP contribution is -2.65. The zero-order valence-electron chi connectivity index (χ0n) is 13.3. The molecule has 3 atom stereocenters. The SMILES string of the molecule is CCOC(=O)C1(C(C)CC)ON=C(C(C)CC)C(=O)N1O. The van der Waals surface area contributed by atoms with E-state index in [0.717, 1.165) is 0 Å². The van der Waals surface area contributed by atoms with Gasteiger partial charge in [-0.25, -0.2) is 4.79 Å². The molecule has 1 aliphatic rings. The molecule has 21 heavy (non-hydrogen) atoms. The highest BCUT2D eigenvalue weighted by Crippen LogP contribution is 2.33. The summed E-state index contributed by atoms with van der Waals surface area (Å²) in [6.07, 6.45) is 1.16. The Morgan fingerprint density at radius 3 is 2.48 bits per heavy atom. The van der Waals surface area contributed by atoms with Crippen LogP contribution >= 0.6 is 0 Å². The van der Waals surface area contributed by atoms with E-state index in [4.69, 9.17) is 9.57 Å². The van der Waals surface area contributed by atoms with E-state index in [0.29, 0.717) is 17.9 Å². The van der Waals surface area contributed by atoms with Crippen LogP contribution in [0.5, 0.6) is 0 Å². The third kappa shape index (κ3) is 2.88. The number of hydrogen-bond acceptors (Lipinski definition) is 6. The molecule has 0 aromatic carbocycles. The van der Waals surface area contributed by atoms with Gasteiger partial charge in [-0.2, -0.15) is 5.06 Å². The van der Waals surface area contributed by atoms with E-state index in [9.17, 15) is 14.8 Å². The maximum absolute atomic E-state index is 12.3. The molecule has 1 aliphatic heterocycles. The second-order valence-corrected chi connectivity index (χ2v) is 5.22. The molecule has 1 heterocycles. The number of carbonyl (C=O) groups is 2. The molecule has 3 unspecified atom stereocenters. The normalized spacial score (nSPS) is 25.0. The number of hydroxylamine groups is 2. The minimum absolute atomic E-state index is 0.100. The minimum atomic E-state index is -1.92. The Morgan fingerprint density at radius 2 is 2.00 bits per heavy atom. The second-order valence-electron chi connectivity index (χ2n) is 5.22. The number of carbonyl (C=O) groups excluding carboxylic acids is 2. The van der Waals surface area contributed by atoms with Crippen molar-refractivity contribution in [3.05, 3.63) is 0 Å². The maximum atomic E-state index is 12.3. The van der Waals surface area contributed by atoms with Crippen LogP contribution in [-0.2, 0) is 19.2 Å². The van der Waals surface area contributed by atoms with Gasteiger partial charge in [0.25, 0.3) is 5.91 Å². The molecule has 120 valence electrons. The molecule has 7 nitrogen and oxygen atoms in total. The van der Waals surface area contributed by atoms with E-state index in [2.05, 4.69) is 5.16 Å². The largest absolute Gasteiger partial charge is 0.461 e. The number of esters is 1. The molecule has 0 spiro atoms. The molecule has 7 heteroatoms. The molecule has 0 fully saturated rings. The predicted octanol–water partition coefficient (Wildman–Crippen LogP) is 1.94. The highest BCUT2D eigenvalue weighted by Gasteiger charge is 2.58. The topological polar surface area (TPSA) is 88.4 Å². The van der Waals surface area contributed by atoms with Crippen LogP contribution < -0.4 is 0 Å². The lowest BCUT2D eigenvalue weighted by Gasteiger charge is -2.41. The average Bonchev–Trinajstić information content (AvgIpc) is 2.48. The number of ether oxygens (including phenoxy) is 1. The van der Waals surface area contributed by atoms with E-state index in [1.165, 1.54) is 0 Å². The lowest BCUT2D eigenvalue weighted by atomic mass is 9.92. The second kappa shape index (κ2) is 6.89. The molecule has 0 radical (unpaired) electrons. The number of rotatable bonds is 6. The molecule has 0 aliphatic carbocycles. The highest BCUT2D eigenvalue weighted by atomic mass is 16.7. The van der Waals surface area contributed by atoms with Crippen molar-refractivity contribution < 1.29 is 24.4 Å². The van der Waals surface area contributed by atoms with Gasteiger partial charge in [-0.1, -0.05) is 32.9 Å². The molecule has 1 amide bonds. The summed E-state index contributed by atoms with van der Waals surface area (Å²) < 4.78 is 4.96. The molecule has 0 aromatic rings. The number of oxime groups is 1. The molecule has 0 bridgehead atoms. The van der Waals surface area contributed by atoms with Crippen LogP contribution in [0.2, 0.25) is 0 Å². The quantitative estimate of drug-likeness (QED) is 0.598. The first-order valence-electron chi connectivity index (χ1n) is 7.33. The van der Waals surface area contributed by atoms with Crippen LogP contribution in [0.15, 0.2) is 5.16 Å². The maximum Gasteiger partial charge on any atom is 0.377 e. The van der Waals surface area contributed by atoms with Crippen molar-refractivity contribution in [1.29, 1.82) is 0 Å². The van der Waals surface area contributed by atoms with Gasteiger partial charge in [0, 0.05) is 11.8 Å². The van der Waals surface area contributed by atoms with Crippen LogP contribution in [0.25, 0.3) is 0 Å². The van der Waals surface area contributed by atoms with Gasteiger partial charge in [0.15, 0.2) is 0 Å². The monoisotopic (exact) mass is 300 g/mol. The van der Waals surface area contributed by atoms with Crippen LogP contribution in [0.1, 0.15) is 47.5 Å². The van der Waals surface area contributed by atoms with Crippen molar-refractivity contribution in [3.8, 4) is 0 Å². The molecule has 0 aromatic heterocycles. The van der Waals surface area contributed by atoms with Gasteiger partial charge in [0.2, 0.25) is 0 Å².